The highest BCUT2D eigenvalue weighted by molar-refractivity contribution is 5.78. The van der Waals surface area contributed by atoms with E-state index in [9.17, 15) is 9.59 Å². The molecule has 0 aromatic heterocycles. The molecule has 0 saturated carbocycles. The molecular weight excluding hydrogens is 318 g/mol. The lowest BCUT2D eigenvalue weighted by Crippen LogP contribution is -2.47. The van der Waals surface area contributed by atoms with Crippen molar-refractivity contribution in [1.29, 1.82) is 0 Å². The Hall–Kier alpha value is -1.18. The van der Waals surface area contributed by atoms with Gasteiger partial charge in [-0.25, -0.2) is 0 Å². The lowest BCUT2D eigenvalue weighted by molar-refractivity contribution is -0.132. The topological polar surface area (TPSA) is 59.1 Å². The summed E-state index contributed by atoms with van der Waals surface area (Å²) in [6, 6.07) is 0. The number of carbonyl (C=O) groups excluding carboxylic acids is 2. The molecular formula is C18H33N5O2. The Kier molecular flexibility index (Phi) is 7.07. The van der Waals surface area contributed by atoms with Crippen molar-refractivity contribution < 1.29 is 9.59 Å². The molecule has 0 aromatic carbocycles. The second kappa shape index (κ2) is 9.50. The summed E-state index contributed by atoms with van der Waals surface area (Å²) >= 11 is 0. The first-order valence-corrected chi connectivity index (χ1v) is 9.93. The molecule has 0 spiro atoms. The van der Waals surface area contributed by atoms with E-state index in [0.717, 1.165) is 91.3 Å². The van der Waals surface area contributed by atoms with Gasteiger partial charge in [-0.1, -0.05) is 0 Å². The fourth-order valence-corrected chi connectivity index (χ4v) is 3.99. The van der Waals surface area contributed by atoms with Crippen molar-refractivity contribution in [3.63, 3.8) is 0 Å². The van der Waals surface area contributed by atoms with Gasteiger partial charge < -0.3 is 20.0 Å². The quantitative estimate of drug-likeness (QED) is 0.719. The number of piperazine rings is 1. The molecule has 2 amide bonds. The van der Waals surface area contributed by atoms with E-state index in [1.807, 2.05) is 9.80 Å². The third-order valence-corrected chi connectivity index (χ3v) is 5.61. The Bertz CT molecular complexity index is 447. The van der Waals surface area contributed by atoms with Gasteiger partial charge in [-0.3, -0.25) is 14.5 Å². The average Bonchev–Trinajstić information content (AvgIpc) is 3.09. The molecule has 0 radical (unpaired) electrons. The van der Waals surface area contributed by atoms with Gasteiger partial charge in [0.15, 0.2) is 0 Å². The number of hydrogen-bond acceptors (Lipinski definition) is 5. The second-order valence-corrected chi connectivity index (χ2v) is 7.44. The Labute approximate surface area is 151 Å². The minimum Gasteiger partial charge on any atom is -0.342 e. The summed E-state index contributed by atoms with van der Waals surface area (Å²) in [7, 11) is 0. The van der Waals surface area contributed by atoms with Gasteiger partial charge in [0.05, 0.1) is 6.54 Å². The number of likely N-dealkylation sites (tertiary alicyclic amines) is 1. The van der Waals surface area contributed by atoms with Crippen molar-refractivity contribution in [2.75, 3.05) is 78.5 Å². The Morgan fingerprint density at radius 1 is 0.680 bits per heavy atom. The monoisotopic (exact) mass is 351 g/mol. The van der Waals surface area contributed by atoms with E-state index in [0.29, 0.717) is 18.9 Å². The number of amides is 2. The average molecular weight is 351 g/mol. The summed E-state index contributed by atoms with van der Waals surface area (Å²) in [4.78, 5) is 33.3. The van der Waals surface area contributed by atoms with Crippen molar-refractivity contribution in [1.82, 2.24) is 24.9 Å². The third-order valence-electron chi connectivity index (χ3n) is 5.61. The first-order valence-electron chi connectivity index (χ1n) is 9.93. The predicted molar refractivity (Wildman–Crippen MR) is 97.4 cm³/mol. The minimum atomic E-state index is 0.284. The molecule has 0 atom stereocenters. The highest BCUT2D eigenvalue weighted by Gasteiger charge is 2.23. The van der Waals surface area contributed by atoms with Crippen LogP contribution in [0.2, 0.25) is 0 Å². The van der Waals surface area contributed by atoms with Gasteiger partial charge in [0, 0.05) is 65.3 Å². The van der Waals surface area contributed by atoms with Crippen molar-refractivity contribution in [3.8, 4) is 0 Å². The van der Waals surface area contributed by atoms with Crippen LogP contribution < -0.4 is 5.32 Å². The molecule has 3 fully saturated rings. The first-order chi connectivity index (χ1) is 12.2. The van der Waals surface area contributed by atoms with E-state index in [1.165, 1.54) is 0 Å². The fourth-order valence-electron chi connectivity index (χ4n) is 3.99. The predicted octanol–water partition coefficient (Wildman–Crippen LogP) is -0.562. The van der Waals surface area contributed by atoms with Crippen LogP contribution >= 0.6 is 0 Å². The maximum Gasteiger partial charge on any atom is 0.236 e. The number of hydrogen-bond donors (Lipinski definition) is 1. The van der Waals surface area contributed by atoms with Gasteiger partial charge in [0.2, 0.25) is 11.8 Å². The van der Waals surface area contributed by atoms with Crippen LogP contribution in [-0.2, 0) is 9.59 Å². The molecule has 142 valence electrons. The van der Waals surface area contributed by atoms with Crippen LogP contribution in [0.5, 0.6) is 0 Å². The van der Waals surface area contributed by atoms with E-state index in [-0.39, 0.29) is 5.91 Å². The first kappa shape index (κ1) is 18.6. The zero-order valence-electron chi connectivity index (χ0n) is 15.4. The molecule has 3 aliphatic heterocycles. The van der Waals surface area contributed by atoms with Gasteiger partial charge in [-0.05, 0) is 32.4 Å². The van der Waals surface area contributed by atoms with Crippen molar-refractivity contribution >= 4 is 11.8 Å². The van der Waals surface area contributed by atoms with Crippen LogP contribution in [0.1, 0.15) is 25.7 Å². The molecule has 25 heavy (non-hydrogen) atoms. The summed E-state index contributed by atoms with van der Waals surface area (Å²) in [6.07, 6.45) is 4.00. The number of carbonyl (C=O) groups is 2. The Morgan fingerprint density at radius 3 is 2.08 bits per heavy atom. The summed E-state index contributed by atoms with van der Waals surface area (Å²) < 4.78 is 0. The van der Waals surface area contributed by atoms with Crippen LogP contribution in [0.3, 0.4) is 0 Å². The normalized spacial score (nSPS) is 23.7. The molecule has 7 heteroatoms. The molecule has 0 aromatic rings. The standard InChI is InChI=1S/C18H33N5O2/c24-17(23-12-5-19-6-13-23)4-11-20-7-3-8-21(15-14-20)16-18(25)22-9-1-2-10-22/h19H,1-16H2. The smallest absolute Gasteiger partial charge is 0.236 e. The van der Waals surface area contributed by atoms with Crippen molar-refractivity contribution in [3.05, 3.63) is 0 Å². The largest absolute Gasteiger partial charge is 0.342 e. The Morgan fingerprint density at radius 2 is 1.32 bits per heavy atom. The van der Waals surface area contributed by atoms with E-state index < -0.39 is 0 Å². The molecule has 3 saturated heterocycles. The molecule has 0 bridgehead atoms. The molecule has 3 rings (SSSR count). The van der Waals surface area contributed by atoms with Gasteiger partial charge >= 0.3 is 0 Å². The van der Waals surface area contributed by atoms with E-state index in [2.05, 4.69) is 15.1 Å². The van der Waals surface area contributed by atoms with Crippen LogP contribution in [0.4, 0.5) is 0 Å². The van der Waals surface area contributed by atoms with E-state index in [1.54, 1.807) is 0 Å². The molecule has 0 unspecified atom stereocenters. The van der Waals surface area contributed by atoms with Crippen molar-refractivity contribution in [2.45, 2.75) is 25.7 Å². The van der Waals surface area contributed by atoms with Crippen LogP contribution in [0.15, 0.2) is 0 Å². The van der Waals surface area contributed by atoms with Crippen LogP contribution in [-0.4, -0.2) is 110 Å². The third kappa shape index (κ3) is 5.66. The van der Waals surface area contributed by atoms with Crippen molar-refractivity contribution in [2.24, 2.45) is 0 Å². The number of rotatable bonds is 5. The van der Waals surface area contributed by atoms with Crippen LogP contribution in [0.25, 0.3) is 0 Å². The van der Waals surface area contributed by atoms with Gasteiger partial charge in [0.25, 0.3) is 0 Å². The zero-order valence-corrected chi connectivity index (χ0v) is 15.4. The summed E-state index contributed by atoms with van der Waals surface area (Å²) in [5.41, 5.74) is 0. The molecule has 1 N–H and O–H groups in total. The molecule has 3 heterocycles. The number of nitrogens with one attached hydrogen (secondary N) is 1. The molecule has 0 aliphatic carbocycles. The number of nitrogens with zero attached hydrogens (tertiary/aromatic N) is 4. The van der Waals surface area contributed by atoms with Gasteiger partial charge in [-0.2, -0.15) is 0 Å². The van der Waals surface area contributed by atoms with Gasteiger partial charge in [-0.15, -0.1) is 0 Å². The summed E-state index contributed by atoms with van der Waals surface area (Å²) in [5, 5.41) is 3.28. The highest BCUT2D eigenvalue weighted by Crippen LogP contribution is 2.10. The van der Waals surface area contributed by atoms with Gasteiger partial charge in [0.1, 0.15) is 0 Å². The maximum absolute atomic E-state index is 12.3. The SMILES string of the molecule is O=C(CCN1CCCN(CC(=O)N2CCCC2)CC1)N1CCNCC1. The maximum atomic E-state index is 12.3. The minimum absolute atomic E-state index is 0.284. The second-order valence-electron chi connectivity index (χ2n) is 7.44. The molecule has 3 aliphatic rings. The van der Waals surface area contributed by atoms with E-state index >= 15 is 0 Å². The summed E-state index contributed by atoms with van der Waals surface area (Å²) in [6.45, 7) is 10.7. The lowest BCUT2D eigenvalue weighted by Gasteiger charge is -2.28. The zero-order chi connectivity index (χ0) is 17.5. The Balaban J connectivity index is 1.36. The van der Waals surface area contributed by atoms with E-state index in [4.69, 9.17) is 0 Å². The summed E-state index contributed by atoms with van der Waals surface area (Å²) in [5.74, 6) is 0.576. The lowest BCUT2D eigenvalue weighted by atomic mass is 10.3. The highest BCUT2D eigenvalue weighted by atomic mass is 16.2. The van der Waals surface area contributed by atoms with Crippen LogP contribution in [0, 0.1) is 0 Å². The molecule has 7 nitrogen and oxygen atoms in total. The fraction of sp³-hybridized carbons (Fsp3) is 0.889.